The molecule has 0 aromatic carbocycles. The molecule has 2 rings (SSSR count). The Hall–Kier alpha value is -1.96. The predicted octanol–water partition coefficient (Wildman–Crippen LogP) is -0.560. The van der Waals surface area contributed by atoms with E-state index in [1.54, 1.807) is 0 Å². The van der Waals surface area contributed by atoms with Crippen LogP contribution in [0.4, 0.5) is 0 Å². The van der Waals surface area contributed by atoms with Gasteiger partial charge in [0.15, 0.2) is 9.84 Å². The highest BCUT2D eigenvalue weighted by Gasteiger charge is 2.33. The molecule has 0 spiro atoms. The van der Waals surface area contributed by atoms with Gasteiger partial charge in [-0.1, -0.05) is 0 Å². The molecule has 0 radical (unpaired) electrons. The number of hydrogen-bond acceptors (Lipinski definition) is 5. The number of amides is 2. The first kappa shape index (κ1) is 14.4. The summed E-state index contributed by atoms with van der Waals surface area (Å²) in [6.45, 7) is 0.552. The van der Waals surface area contributed by atoms with Crippen molar-refractivity contribution in [1.82, 2.24) is 9.88 Å². The van der Waals surface area contributed by atoms with Gasteiger partial charge in [0.25, 0.3) is 11.8 Å². The molecule has 1 unspecified atom stereocenters. The first-order valence-corrected chi connectivity index (χ1v) is 7.98. The summed E-state index contributed by atoms with van der Waals surface area (Å²) in [5.41, 5.74) is 5.40. The van der Waals surface area contributed by atoms with Crippen LogP contribution in [0.3, 0.4) is 0 Å². The van der Waals surface area contributed by atoms with E-state index < -0.39 is 21.0 Å². The Bertz CT molecular complexity index is 656. The van der Waals surface area contributed by atoms with E-state index in [-0.39, 0.29) is 23.7 Å². The van der Waals surface area contributed by atoms with Gasteiger partial charge in [-0.3, -0.25) is 14.6 Å². The number of sulfone groups is 1. The third-order valence-corrected chi connectivity index (χ3v) is 4.89. The third-order valence-electron chi connectivity index (χ3n) is 3.30. The van der Waals surface area contributed by atoms with E-state index in [2.05, 4.69) is 4.98 Å². The van der Waals surface area contributed by atoms with Gasteiger partial charge in [0.1, 0.15) is 5.69 Å². The number of carbonyl (C=O) groups is 2. The van der Waals surface area contributed by atoms with Crippen molar-refractivity contribution in [3.63, 3.8) is 0 Å². The van der Waals surface area contributed by atoms with E-state index in [1.165, 1.54) is 29.5 Å². The molecule has 2 heterocycles. The Morgan fingerprint density at radius 3 is 2.70 bits per heavy atom. The largest absolute Gasteiger partial charge is 0.364 e. The number of nitrogens with zero attached hydrogens (tertiary/aromatic N) is 2. The first-order valence-electron chi connectivity index (χ1n) is 6.03. The zero-order chi connectivity index (χ0) is 14.9. The third kappa shape index (κ3) is 2.96. The fourth-order valence-electron chi connectivity index (χ4n) is 2.14. The van der Waals surface area contributed by atoms with Gasteiger partial charge in [0.2, 0.25) is 0 Å². The second-order valence-electron chi connectivity index (χ2n) is 4.79. The van der Waals surface area contributed by atoms with Crippen molar-refractivity contribution in [2.45, 2.75) is 11.7 Å². The molecule has 20 heavy (non-hydrogen) atoms. The number of likely N-dealkylation sites (tertiary alicyclic amines) is 1. The highest BCUT2D eigenvalue weighted by molar-refractivity contribution is 7.91. The van der Waals surface area contributed by atoms with Gasteiger partial charge in [-0.15, -0.1) is 0 Å². The van der Waals surface area contributed by atoms with Crippen molar-refractivity contribution in [3.8, 4) is 0 Å². The molecular formula is C12H15N3O4S. The number of primary amides is 1. The van der Waals surface area contributed by atoms with Crippen molar-refractivity contribution < 1.29 is 18.0 Å². The van der Waals surface area contributed by atoms with E-state index in [4.69, 9.17) is 5.73 Å². The van der Waals surface area contributed by atoms with Crippen molar-refractivity contribution >= 4 is 21.7 Å². The number of pyridine rings is 1. The lowest BCUT2D eigenvalue weighted by Crippen LogP contribution is -2.31. The molecule has 7 nitrogen and oxygen atoms in total. The Labute approximate surface area is 116 Å². The average molecular weight is 297 g/mol. The minimum Gasteiger partial charge on any atom is -0.364 e. The number of rotatable bonds is 3. The molecule has 0 saturated carbocycles. The Morgan fingerprint density at radius 2 is 2.15 bits per heavy atom. The Balaban J connectivity index is 2.17. The topological polar surface area (TPSA) is 110 Å². The maximum atomic E-state index is 12.2. The van der Waals surface area contributed by atoms with Gasteiger partial charge in [0, 0.05) is 31.1 Å². The summed E-state index contributed by atoms with van der Waals surface area (Å²) in [5, 5.41) is -0.524. The molecule has 1 aromatic rings. The second-order valence-corrected chi connectivity index (χ2v) is 7.11. The summed E-state index contributed by atoms with van der Waals surface area (Å²) >= 11 is 0. The summed E-state index contributed by atoms with van der Waals surface area (Å²) in [6, 6.07) is 2.79. The molecule has 1 aromatic heterocycles. The number of hydrogen-bond donors (Lipinski definition) is 1. The minimum absolute atomic E-state index is 0.00899. The minimum atomic E-state index is -3.15. The standard InChI is InChI=1S/C12H15N3O4S/c1-20(18,19)9-3-5-15(7-9)12(17)8-2-4-14-10(6-8)11(13)16/h2,4,6,9H,3,5,7H2,1H3,(H2,13,16). The van der Waals surface area contributed by atoms with Crippen LogP contribution in [0.5, 0.6) is 0 Å². The van der Waals surface area contributed by atoms with Crippen molar-refractivity contribution in [3.05, 3.63) is 29.6 Å². The van der Waals surface area contributed by atoms with Crippen LogP contribution in [0.1, 0.15) is 27.3 Å². The van der Waals surface area contributed by atoms with Gasteiger partial charge in [0.05, 0.1) is 5.25 Å². The van der Waals surface area contributed by atoms with Crippen LogP contribution in [0.15, 0.2) is 18.3 Å². The highest BCUT2D eigenvalue weighted by atomic mass is 32.2. The van der Waals surface area contributed by atoms with E-state index in [1.807, 2.05) is 0 Å². The summed E-state index contributed by atoms with van der Waals surface area (Å²) in [7, 11) is -3.15. The molecular weight excluding hydrogens is 282 g/mol. The molecule has 1 fully saturated rings. The lowest BCUT2D eigenvalue weighted by atomic mass is 10.2. The Morgan fingerprint density at radius 1 is 1.45 bits per heavy atom. The van der Waals surface area contributed by atoms with E-state index in [9.17, 15) is 18.0 Å². The smallest absolute Gasteiger partial charge is 0.267 e. The van der Waals surface area contributed by atoms with Crippen LogP contribution < -0.4 is 5.73 Å². The highest BCUT2D eigenvalue weighted by Crippen LogP contribution is 2.18. The van der Waals surface area contributed by atoms with Crippen molar-refractivity contribution in [1.29, 1.82) is 0 Å². The van der Waals surface area contributed by atoms with Crippen LogP contribution in [0.2, 0.25) is 0 Å². The molecule has 8 heteroatoms. The van der Waals surface area contributed by atoms with E-state index in [0.717, 1.165) is 0 Å². The lowest BCUT2D eigenvalue weighted by molar-refractivity contribution is 0.0793. The molecule has 1 aliphatic rings. The number of carbonyl (C=O) groups excluding carboxylic acids is 2. The zero-order valence-corrected chi connectivity index (χ0v) is 11.8. The monoisotopic (exact) mass is 297 g/mol. The van der Waals surface area contributed by atoms with Crippen LogP contribution in [-0.4, -0.2) is 54.7 Å². The second kappa shape index (κ2) is 5.20. The van der Waals surface area contributed by atoms with Gasteiger partial charge in [-0.25, -0.2) is 8.42 Å². The van der Waals surface area contributed by atoms with Gasteiger partial charge >= 0.3 is 0 Å². The number of aromatic nitrogens is 1. The summed E-state index contributed by atoms with van der Waals surface area (Å²) < 4.78 is 22.9. The Kier molecular flexibility index (Phi) is 3.76. The molecule has 1 aliphatic heterocycles. The van der Waals surface area contributed by atoms with Crippen LogP contribution in [0, 0.1) is 0 Å². The van der Waals surface area contributed by atoms with Crippen LogP contribution in [0.25, 0.3) is 0 Å². The summed E-state index contributed by atoms with van der Waals surface area (Å²) in [4.78, 5) is 28.5. The van der Waals surface area contributed by atoms with E-state index in [0.29, 0.717) is 13.0 Å². The molecule has 1 atom stereocenters. The van der Waals surface area contributed by atoms with Crippen LogP contribution in [-0.2, 0) is 9.84 Å². The van der Waals surface area contributed by atoms with Gasteiger partial charge in [-0.2, -0.15) is 0 Å². The number of nitrogens with two attached hydrogens (primary N) is 1. The SMILES string of the molecule is CS(=O)(=O)C1CCN(C(=O)c2ccnc(C(N)=O)c2)C1. The molecule has 2 amide bonds. The molecule has 1 saturated heterocycles. The normalized spacial score (nSPS) is 19.1. The maximum Gasteiger partial charge on any atom is 0.267 e. The molecule has 0 bridgehead atoms. The van der Waals surface area contributed by atoms with Gasteiger partial charge in [-0.05, 0) is 18.6 Å². The molecule has 0 aliphatic carbocycles. The van der Waals surface area contributed by atoms with Gasteiger partial charge < -0.3 is 10.6 Å². The van der Waals surface area contributed by atoms with Crippen LogP contribution >= 0.6 is 0 Å². The first-order chi connectivity index (χ1) is 9.29. The van der Waals surface area contributed by atoms with Crippen molar-refractivity contribution in [2.24, 2.45) is 5.73 Å². The van der Waals surface area contributed by atoms with E-state index >= 15 is 0 Å². The van der Waals surface area contributed by atoms with Crippen molar-refractivity contribution in [2.75, 3.05) is 19.3 Å². The quantitative estimate of drug-likeness (QED) is 0.804. The maximum absolute atomic E-state index is 12.2. The zero-order valence-electron chi connectivity index (χ0n) is 10.9. The lowest BCUT2D eigenvalue weighted by Gasteiger charge is -2.16. The predicted molar refractivity (Wildman–Crippen MR) is 71.9 cm³/mol. The summed E-state index contributed by atoms with van der Waals surface area (Å²) in [5.74, 6) is -1.03. The average Bonchev–Trinajstić information content (AvgIpc) is 2.87. The summed E-state index contributed by atoms with van der Waals surface area (Å²) in [6.07, 6.45) is 2.93. The fraction of sp³-hybridized carbons (Fsp3) is 0.417. The fourth-order valence-corrected chi connectivity index (χ4v) is 3.13. The molecule has 108 valence electrons. The molecule has 2 N–H and O–H groups in total.